The molecule has 1 heteroatoms. The first-order valence-electron chi connectivity index (χ1n) is 9.78. The van der Waals surface area contributed by atoms with E-state index < -0.39 is 5.60 Å². The molecule has 1 unspecified atom stereocenters. The van der Waals surface area contributed by atoms with Gasteiger partial charge >= 0.3 is 0 Å². The molecule has 4 aromatic rings. The van der Waals surface area contributed by atoms with E-state index in [0.29, 0.717) is 11.1 Å². The van der Waals surface area contributed by atoms with Crippen molar-refractivity contribution >= 4 is 0 Å². The Morgan fingerprint density at radius 3 is 1.63 bits per heavy atom. The molecule has 142 valence electrons. The molecule has 0 heterocycles. The van der Waals surface area contributed by atoms with Gasteiger partial charge in [-0.15, -0.1) is 0 Å². The highest BCUT2D eigenvalue weighted by molar-refractivity contribution is 5.55. The second-order valence-electron chi connectivity index (χ2n) is 6.85. The van der Waals surface area contributed by atoms with Gasteiger partial charge in [0, 0.05) is 27.8 Å². The first-order valence-corrected chi connectivity index (χ1v) is 9.78. The first kappa shape index (κ1) is 19.3. The molecular weight excluding hydrogens is 364 g/mol. The van der Waals surface area contributed by atoms with Crippen molar-refractivity contribution in [1.82, 2.24) is 0 Å². The van der Waals surface area contributed by atoms with Crippen molar-refractivity contribution in [3.05, 3.63) is 143 Å². The predicted octanol–water partition coefficient (Wildman–Crippen LogP) is 5.37. The third kappa shape index (κ3) is 4.34. The summed E-state index contributed by atoms with van der Waals surface area (Å²) in [6, 6.07) is 36.7. The Balaban J connectivity index is 1.85. The van der Waals surface area contributed by atoms with Gasteiger partial charge in [-0.25, -0.2) is 0 Å². The topological polar surface area (TPSA) is 20.2 Å². The summed E-state index contributed by atoms with van der Waals surface area (Å²) in [6.45, 7) is 0. The summed E-state index contributed by atoms with van der Waals surface area (Å²) in [5.41, 5.74) is 2.41. The van der Waals surface area contributed by atoms with Crippen LogP contribution in [0.5, 0.6) is 0 Å². The molecule has 1 nitrogen and oxygen atoms in total. The first-order chi connectivity index (χ1) is 14.8. The van der Waals surface area contributed by atoms with Crippen LogP contribution in [0.4, 0.5) is 0 Å². The normalized spacial score (nSPS) is 11.9. The van der Waals surface area contributed by atoms with Gasteiger partial charge in [0.2, 0.25) is 0 Å². The Bertz CT molecular complexity index is 1240. The molecule has 0 radical (unpaired) electrons. The Morgan fingerprint density at radius 1 is 0.500 bits per heavy atom. The highest BCUT2D eigenvalue weighted by Gasteiger charge is 2.31. The number of rotatable bonds is 2. The van der Waals surface area contributed by atoms with Gasteiger partial charge in [0.1, 0.15) is 0 Å². The minimum atomic E-state index is -1.49. The minimum absolute atomic E-state index is 0.670. The zero-order valence-electron chi connectivity index (χ0n) is 16.4. The fourth-order valence-corrected chi connectivity index (χ4v) is 3.23. The molecule has 4 aromatic carbocycles. The second-order valence-corrected chi connectivity index (χ2v) is 6.85. The molecule has 4 rings (SSSR count). The summed E-state index contributed by atoms with van der Waals surface area (Å²) in [4.78, 5) is 0. The van der Waals surface area contributed by atoms with Crippen molar-refractivity contribution in [3.8, 4) is 23.7 Å². The van der Waals surface area contributed by atoms with Crippen molar-refractivity contribution in [2.24, 2.45) is 0 Å². The highest BCUT2D eigenvalue weighted by Crippen LogP contribution is 2.31. The van der Waals surface area contributed by atoms with Crippen LogP contribution in [0.15, 0.2) is 115 Å². The lowest BCUT2D eigenvalue weighted by atomic mass is 9.84. The van der Waals surface area contributed by atoms with E-state index in [2.05, 4.69) is 23.7 Å². The van der Waals surface area contributed by atoms with Crippen LogP contribution in [0.2, 0.25) is 0 Å². The number of benzene rings is 4. The fourth-order valence-electron chi connectivity index (χ4n) is 3.23. The summed E-state index contributed by atoms with van der Waals surface area (Å²) in [7, 11) is 0. The van der Waals surface area contributed by atoms with E-state index in [4.69, 9.17) is 0 Å². The molecule has 0 fully saturated rings. The molecule has 0 bridgehead atoms. The maximum Gasteiger partial charge on any atom is 0.178 e. The Labute approximate surface area is 177 Å². The third-order valence-electron chi connectivity index (χ3n) is 4.79. The van der Waals surface area contributed by atoms with Gasteiger partial charge < -0.3 is 5.11 Å². The van der Waals surface area contributed by atoms with Gasteiger partial charge in [-0.3, -0.25) is 0 Å². The zero-order valence-corrected chi connectivity index (χ0v) is 16.4. The van der Waals surface area contributed by atoms with Crippen LogP contribution >= 0.6 is 0 Å². The SMILES string of the molecule is OC(C#Cc1ccccc1)(c1ccccc1)c1ccccc1C#Cc1ccccc1. The molecule has 0 aliphatic carbocycles. The van der Waals surface area contributed by atoms with Gasteiger partial charge in [0.05, 0.1) is 0 Å². The molecule has 0 amide bonds. The van der Waals surface area contributed by atoms with Crippen molar-refractivity contribution in [2.45, 2.75) is 5.60 Å². The van der Waals surface area contributed by atoms with Gasteiger partial charge in [-0.1, -0.05) is 109 Å². The monoisotopic (exact) mass is 384 g/mol. The quantitative estimate of drug-likeness (QED) is 0.461. The molecule has 0 spiro atoms. The van der Waals surface area contributed by atoms with E-state index in [9.17, 15) is 5.11 Å². The third-order valence-corrected chi connectivity index (χ3v) is 4.79. The Hall–Kier alpha value is -4.04. The number of hydrogen-bond acceptors (Lipinski definition) is 1. The lowest BCUT2D eigenvalue weighted by Gasteiger charge is -2.25. The summed E-state index contributed by atoms with van der Waals surface area (Å²) in [6.07, 6.45) is 0. The molecule has 1 atom stereocenters. The van der Waals surface area contributed by atoms with Crippen LogP contribution in [-0.4, -0.2) is 5.11 Å². The molecule has 0 aliphatic rings. The van der Waals surface area contributed by atoms with Gasteiger partial charge in [-0.2, -0.15) is 0 Å². The Kier molecular flexibility index (Phi) is 5.77. The van der Waals surface area contributed by atoms with E-state index in [0.717, 1.165) is 16.7 Å². The van der Waals surface area contributed by atoms with E-state index in [1.807, 2.05) is 115 Å². The van der Waals surface area contributed by atoms with Crippen molar-refractivity contribution in [3.63, 3.8) is 0 Å². The predicted molar refractivity (Wildman–Crippen MR) is 122 cm³/mol. The average molecular weight is 384 g/mol. The van der Waals surface area contributed by atoms with Gasteiger partial charge in [0.15, 0.2) is 5.60 Å². The highest BCUT2D eigenvalue weighted by atomic mass is 16.3. The van der Waals surface area contributed by atoms with Crippen LogP contribution in [0, 0.1) is 23.7 Å². The lowest BCUT2D eigenvalue weighted by molar-refractivity contribution is 0.145. The summed E-state index contributed by atoms with van der Waals surface area (Å²) in [5.74, 6) is 12.7. The number of aliphatic hydroxyl groups is 1. The van der Waals surface area contributed by atoms with Gasteiger partial charge in [0.25, 0.3) is 0 Å². The maximum atomic E-state index is 11.9. The summed E-state index contributed by atoms with van der Waals surface area (Å²) >= 11 is 0. The summed E-state index contributed by atoms with van der Waals surface area (Å²) < 4.78 is 0. The molecule has 30 heavy (non-hydrogen) atoms. The van der Waals surface area contributed by atoms with Crippen molar-refractivity contribution in [1.29, 1.82) is 0 Å². The second kappa shape index (κ2) is 8.97. The van der Waals surface area contributed by atoms with Crippen molar-refractivity contribution < 1.29 is 5.11 Å². The molecule has 0 saturated carbocycles. The van der Waals surface area contributed by atoms with Crippen LogP contribution in [-0.2, 0) is 5.60 Å². The molecule has 0 aromatic heterocycles. The molecule has 0 saturated heterocycles. The molecule has 0 aliphatic heterocycles. The van der Waals surface area contributed by atoms with E-state index >= 15 is 0 Å². The smallest absolute Gasteiger partial charge is 0.178 e. The minimum Gasteiger partial charge on any atom is -0.369 e. The van der Waals surface area contributed by atoms with Crippen LogP contribution < -0.4 is 0 Å². The van der Waals surface area contributed by atoms with Crippen molar-refractivity contribution in [2.75, 3.05) is 0 Å². The lowest BCUT2D eigenvalue weighted by Crippen LogP contribution is -2.26. The largest absolute Gasteiger partial charge is 0.369 e. The van der Waals surface area contributed by atoms with Gasteiger partial charge in [-0.05, 0) is 30.3 Å². The maximum absolute atomic E-state index is 11.9. The standard InChI is InChI=1S/C29H20O/c30-29(27-17-8-3-9-18-27,23-22-25-14-6-2-7-15-25)28-19-11-10-16-26(28)21-20-24-12-4-1-5-13-24/h1-19,30H. The zero-order chi connectivity index (χ0) is 20.7. The molecule has 1 N–H and O–H groups in total. The summed E-state index contributed by atoms with van der Waals surface area (Å²) in [5, 5.41) is 11.9. The van der Waals surface area contributed by atoms with Crippen LogP contribution in [0.1, 0.15) is 27.8 Å². The van der Waals surface area contributed by atoms with E-state index in [-0.39, 0.29) is 0 Å². The van der Waals surface area contributed by atoms with Crippen LogP contribution in [0.3, 0.4) is 0 Å². The van der Waals surface area contributed by atoms with Crippen LogP contribution in [0.25, 0.3) is 0 Å². The molecular formula is C29H20O. The van der Waals surface area contributed by atoms with E-state index in [1.54, 1.807) is 0 Å². The average Bonchev–Trinajstić information content (AvgIpc) is 2.83. The fraction of sp³-hybridized carbons (Fsp3) is 0.0345. The van der Waals surface area contributed by atoms with E-state index in [1.165, 1.54) is 0 Å². The number of hydrogen-bond donors (Lipinski definition) is 1. The Morgan fingerprint density at radius 2 is 1.00 bits per heavy atom.